The predicted molar refractivity (Wildman–Crippen MR) is 81.8 cm³/mol. The first-order chi connectivity index (χ1) is 10.3. The number of rotatable bonds is 2. The number of hydrogen-bond acceptors (Lipinski definition) is 5. The van der Waals surface area contributed by atoms with Gasteiger partial charge in [-0.25, -0.2) is 9.97 Å². The van der Waals surface area contributed by atoms with Gasteiger partial charge >= 0.3 is 0 Å². The molecule has 0 spiro atoms. The van der Waals surface area contributed by atoms with Crippen molar-refractivity contribution in [1.29, 1.82) is 5.26 Å². The van der Waals surface area contributed by atoms with Gasteiger partial charge in [0.1, 0.15) is 18.0 Å². The standard InChI is InChI=1S/C15H13BrN4O/c16-12-3-1-11(2-4-12)14-10-20(5-6-21-14)15-9-18-13(7-17)8-19-15/h1-4,8-9,14H,5-6,10H2. The fraction of sp³-hybridized carbons (Fsp3) is 0.267. The fourth-order valence-corrected chi connectivity index (χ4v) is 2.54. The first-order valence-electron chi connectivity index (χ1n) is 6.60. The van der Waals surface area contributed by atoms with Crippen molar-refractivity contribution in [1.82, 2.24) is 9.97 Å². The van der Waals surface area contributed by atoms with Gasteiger partial charge in [-0.05, 0) is 17.7 Å². The summed E-state index contributed by atoms with van der Waals surface area (Å²) in [4.78, 5) is 10.5. The van der Waals surface area contributed by atoms with E-state index >= 15 is 0 Å². The molecule has 0 aliphatic carbocycles. The maximum Gasteiger partial charge on any atom is 0.158 e. The van der Waals surface area contributed by atoms with Crippen molar-refractivity contribution in [3.63, 3.8) is 0 Å². The minimum Gasteiger partial charge on any atom is -0.370 e. The first-order valence-corrected chi connectivity index (χ1v) is 7.40. The van der Waals surface area contributed by atoms with Gasteiger partial charge in [0.15, 0.2) is 5.69 Å². The quantitative estimate of drug-likeness (QED) is 0.838. The second-order valence-electron chi connectivity index (χ2n) is 4.73. The van der Waals surface area contributed by atoms with E-state index < -0.39 is 0 Å². The normalized spacial score (nSPS) is 18.3. The highest BCUT2D eigenvalue weighted by Crippen LogP contribution is 2.25. The lowest BCUT2D eigenvalue weighted by Gasteiger charge is -2.33. The van der Waals surface area contributed by atoms with Crippen molar-refractivity contribution in [2.45, 2.75) is 6.10 Å². The van der Waals surface area contributed by atoms with Crippen LogP contribution in [-0.2, 0) is 4.74 Å². The average Bonchev–Trinajstić information content (AvgIpc) is 2.56. The maximum atomic E-state index is 8.76. The summed E-state index contributed by atoms with van der Waals surface area (Å²) in [6, 6.07) is 10.1. The van der Waals surface area contributed by atoms with Gasteiger partial charge in [0.25, 0.3) is 0 Å². The van der Waals surface area contributed by atoms with Gasteiger partial charge in [0, 0.05) is 17.6 Å². The summed E-state index contributed by atoms with van der Waals surface area (Å²) in [6.07, 6.45) is 3.16. The molecule has 0 amide bonds. The SMILES string of the molecule is N#Cc1cnc(N2CCOC(c3ccc(Br)cc3)C2)cn1. The summed E-state index contributed by atoms with van der Waals surface area (Å²) in [5.41, 5.74) is 1.47. The molecule has 21 heavy (non-hydrogen) atoms. The molecular weight excluding hydrogens is 332 g/mol. The number of ether oxygens (including phenoxy) is 1. The molecule has 1 aliphatic heterocycles. The maximum absolute atomic E-state index is 8.76. The zero-order valence-corrected chi connectivity index (χ0v) is 12.8. The summed E-state index contributed by atoms with van der Waals surface area (Å²) in [7, 11) is 0. The molecule has 1 aliphatic rings. The van der Waals surface area contributed by atoms with Crippen LogP contribution in [-0.4, -0.2) is 29.7 Å². The van der Waals surface area contributed by atoms with E-state index in [-0.39, 0.29) is 6.10 Å². The average molecular weight is 345 g/mol. The van der Waals surface area contributed by atoms with Gasteiger partial charge in [-0.15, -0.1) is 0 Å². The molecule has 3 rings (SSSR count). The lowest BCUT2D eigenvalue weighted by molar-refractivity contribution is 0.0395. The van der Waals surface area contributed by atoms with Crippen molar-refractivity contribution in [2.24, 2.45) is 0 Å². The number of halogens is 1. The van der Waals surface area contributed by atoms with Gasteiger partial charge in [0.2, 0.25) is 0 Å². The summed E-state index contributed by atoms with van der Waals surface area (Å²) >= 11 is 3.44. The zero-order chi connectivity index (χ0) is 14.7. The van der Waals surface area contributed by atoms with Crippen molar-refractivity contribution in [3.8, 4) is 6.07 Å². The molecular formula is C15H13BrN4O. The molecule has 1 unspecified atom stereocenters. The highest BCUT2D eigenvalue weighted by atomic mass is 79.9. The molecule has 1 saturated heterocycles. The van der Waals surface area contributed by atoms with Gasteiger partial charge in [0.05, 0.1) is 19.0 Å². The molecule has 106 valence electrons. The minimum atomic E-state index is 0.0179. The van der Waals surface area contributed by atoms with Crippen LogP contribution in [0.5, 0.6) is 0 Å². The highest BCUT2D eigenvalue weighted by molar-refractivity contribution is 9.10. The van der Waals surface area contributed by atoms with Gasteiger partial charge in [-0.2, -0.15) is 5.26 Å². The smallest absolute Gasteiger partial charge is 0.158 e. The van der Waals surface area contributed by atoms with Crippen LogP contribution in [0.25, 0.3) is 0 Å². The largest absolute Gasteiger partial charge is 0.370 e. The van der Waals surface area contributed by atoms with Crippen LogP contribution in [0.4, 0.5) is 5.82 Å². The van der Waals surface area contributed by atoms with Crippen LogP contribution < -0.4 is 4.90 Å². The van der Waals surface area contributed by atoms with Crippen LogP contribution in [0.1, 0.15) is 17.4 Å². The summed E-state index contributed by atoms with van der Waals surface area (Å²) in [5, 5.41) is 8.76. The Morgan fingerprint density at radius 1 is 1.24 bits per heavy atom. The van der Waals surface area contributed by atoms with Crippen molar-refractivity contribution in [3.05, 3.63) is 52.4 Å². The number of morpholine rings is 1. The Morgan fingerprint density at radius 2 is 2.05 bits per heavy atom. The third-order valence-corrected chi connectivity index (χ3v) is 3.91. The molecule has 1 fully saturated rings. The Bertz CT molecular complexity index is 651. The first kappa shape index (κ1) is 14.0. The summed E-state index contributed by atoms with van der Waals surface area (Å²) in [5.74, 6) is 0.777. The van der Waals surface area contributed by atoms with E-state index in [2.05, 4.69) is 42.9 Å². The van der Waals surface area contributed by atoms with Crippen molar-refractivity contribution >= 4 is 21.7 Å². The molecule has 6 heteroatoms. The molecule has 0 N–H and O–H groups in total. The Morgan fingerprint density at radius 3 is 2.71 bits per heavy atom. The molecule has 2 heterocycles. The molecule has 2 aromatic rings. The molecule has 1 aromatic carbocycles. The fourth-order valence-electron chi connectivity index (χ4n) is 2.28. The molecule has 0 saturated carbocycles. The van der Waals surface area contributed by atoms with E-state index in [0.717, 1.165) is 28.9 Å². The van der Waals surface area contributed by atoms with Crippen LogP contribution in [0.15, 0.2) is 41.1 Å². The third-order valence-electron chi connectivity index (χ3n) is 3.38. The van der Waals surface area contributed by atoms with E-state index in [4.69, 9.17) is 10.00 Å². The summed E-state index contributed by atoms with van der Waals surface area (Å²) < 4.78 is 6.90. The molecule has 5 nitrogen and oxygen atoms in total. The second-order valence-corrected chi connectivity index (χ2v) is 5.64. The monoisotopic (exact) mass is 344 g/mol. The van der Waals surface area contributed by atoms with E-state index in [1.807, 2.05) is 18.2 Å². The highest BCUT2D eigenvalue weighted by Gasteiger charge is 2.23. The van der Waals surface area contributed by atoms with Gasteiger partial charge < -0.3 is 9.64 Å². The van der Waals surface area contributed by atoms with Gasteiger partial charge in [-0.3, -0.25) is 0 Å². The molecule has 1 atom stereocenters. The number of hydrogen-bond donors (Lipinski definition) is 0. The van der Waals surface area contributed by atoms with Crippen LogP contribution in [0.2, 0.25) is 0 Å². The Labute approximate surface area is 131 Å². The number of benzene rings is 1. The lowest BCUT2D eigenvalue weighted by Crippen LogP contribution is -2.38. The van der Waals surface area contributed by atoms with Crippen LogP contribution in [0, 0.1) is 11.3 Å². The molecule has 0 bridgehead atoms. The summed E-state index contributed by atoms with van der Waals surface area (Å²) in [6.45, 7) is 2.14. The molecule has 0 radical (unpaired) electrons. The van der Waals surface area contributed by atoms with Crippen molar-refractivity contribution in [2.75, 3.05) is 24.6 Å². The number of nitriles is 1. The van der Waals surface area contributed by atoms with E-state index in [1.54, 1.807) is 6.20 Å². The third kappa shape index (κ3) is 3.20. The Balaban J connectivity index is 1.76. The second kappa shape index (κ2) is 6.20. The minimum absolute atomic E-state index is 0.0179. The number of anilines is 1. The van der Waals surface area contributed by atoms with E-state index in [0.29, 0.717) is 12.3 Å². The van der Waals surface area contributed by atoms with E-state index in [9.17, 15) is 0 Å². The van der Waals surface area contributed by atoms with Gasteiger partial charge in [-0.1, -0.05) is 28.1 Å². The zero-order valence-electron chi connectivity index (χ0n) is 11.2. The lowest BCUT2D eigenvalue weighted by atomic mass is 10.1. The number of aromatic nitrogens is 2. The van der Waals surface area contributed by atoms with E-state index in [1.165, 1.54) is 6.20 Å². The van der Waals surface area contributed by atoms with Crippen molar-refractivity contribution < 1.29 is 4.74 Å². The topological polar surface area (TPSA) is 62.0 Å². The number of nitrogens with zero attached hydrogens (tertiary/aromatic N) is 4. The molecule has 1 aromatic heterocycles. The predicted octanol–water partition coefficient (Wildman–Crippen LogP) is 2.69. The van der Waals surface area contributed by atoms with Crippen LogP contribution in [0.3, 0.4) is 0 Å². The van der Waals surface area contributed by atoms with Crippen LogP contribution >= 0.6 is 15.9 Å². The Kier molecular flexibility index (Phi) is 4.13. The Hall–Kier alpha value is -1.97.